The number of carbonyl (C=O) groups is 1. The second-order valence-electron chi connectivity index (χ2n) is 7.38. The molecular weight excluding hydrogens is 368 g/mol. The van der Waals surface area contributed by atoms with Crippen molar-refractivity contribution in [2.24, 2.45) is 5.84 Å². The Labute approximate surface area is 169 Å². The lowest BCUT2D eigenvalue weighted by Crippen LogP contribution is -2.40. The number of benzene rings is 2. The number of hydrogen-bond acceptors (Lipinski definition) is 7. The van der Waals surface area contributed by atoms with Gasteiger partial charge in [-0.25, -0.2) is 5.84 Å². The Balaban J connectivity index is 1.62. The third-order valence-electron chi connectivity index (χ3n) is 5.58. The molecule has 2 N–H and O–H groups in total. The van der Waals surface area contributed by atoms with Gasteiger partial charge in [-0.15, -0.1) is 0 Å². The highest BCUT2D eigenvalue weighted by Gasteiger charge is 2.37. The second-order valence-corrected chi connectivity index (χ2v) is 7.38. The van der Waals surface area contributed by atoms with Gasteiger partial charge < -0.3 is 14.3 Å². The lowest BCUT2D eigenvalue weighted by Gasteiger charge is -2.36. The van der Waals surface area contributed by atoms with Gasteiger partial charge in [-0.3, -0.25) is 4.79 Å². The molecule has 0 saturated heterocycles. The number of rotatable bonds is 5. The number of nitrogens with two attached hydrogens (primary N) is 1. The molecule has 0 unspecified atom stereocenters. The van der Waals surface area contributed by atoms with Crippen LogP contribution in [0.5, 0.6) is 5.75 Å². The van der Waals surface area contributed by atoms with Gasteiger partial charge in [-0.1, -0.05) is 19.0 Å². The zero-order valence-corrected chi connectivity index (χ0v) is 16.8. The number of hydrogen-bond donors (Lipinski definition) is 1. The van der Waals surface area contributed by atoms with E-state index in [4.69, 9.17) is 15.1 Å². The minimum Gasteiger partial charge on any atom is -0.486 e. The highest BCUT2D eigenvalue weighted by Crippen LogP contribution is 2.39. The summed E-state index contributed by atoms with van der Waals surface area (Å²) in [6, 6.07) is 13.0. The van der Waals surface area contributed by atoms with Crippen molar-refractivity contribution in [2.45, 2.75) is 38.7 Å². The summed E-state index contributed by atoms with van der Waals surface area (Å²) in [5, 5.41) is 5.60. The summed E-state index contributed by atoms with van der Waals surface area (Å²) in [5.41, 5.74) is 2.54. The molecule has 150 valence electrons. The van der Waals surface area contributed by atoms with Gasteiger partial charge >= 0.3 is 0 Å². The zero-order valence-electron chi connectivity index (χ0n) is 16.8. The third-order valence-corrected chi connectivity index (χ3v) is 5.58. The Morgan fingerprint density at radius 3 is 2.45 bits per heavy atom. The predicted octanol–water partition coefficient (Wildman–Crippen LogP) is 4.24. The number of anilines is 1. The normalized spacial score (nSPS) is 15.0. The molecule has 29 heavy (non-hydrogen) atoms. The number of nitrogens with zero attached hydrogens (tertiary/aromatic N) is 3. The maximum absolute atomic E-state index is 12.8. The first-order valence-corrected chi connectivity index (χ1v) is 9.74. The summed E-state index contributed by atoms with van der Waals surface area (Å²) in [4.78, 5) is 17.2. The van der Waals surface area contributed by atoms with Gasteiger partial charge in [0.1, 0.15) is 11.4 Å². The molecule has 2 heterocycles. The molecule has 7 nitrogen and oxygen atoms in total. The number of ketones is 1. The number of Topliss-reactive ketones (excluding diaryl/α,β-unsaturated/α-hetero) is 1. The highest BCUT2D eigenvalue weighted by molar-refractivity contribution is 6.01. The maximum Gasteiger partial charge on any atom is 0.258 e. The van der Waals surface area contributed by atoms with Crippen LogP contribution in [-0.4, -0.2) is 28.6 Å². The molecule has 0 amide bonds. The van der Waals surface area contributed by atoms with E-state index >= 15 is 0 Å². The summed E-state index contributed by atoms with van der Waals surface area (Å²) in [6.07, 6.45) is 1.97. The Morgan fingerprint density at radius 2 is 1.79 bits per heavy atom. The average molecular weight is 392 g/mol. The second kappa shape index (κ2) is 7.33. The quantitative estimate of drug-likeness (QED) is 0.513. The smallest absolute Gasteiger partial charge is 0.258 e. The number of aromatic nitrogens is 2. The minimum absolute atomic E-state index is 0.0815. The highest BCUT2D eigenvalue weighted by atomic mass is 16.5. The van der Waals surface area contributed by atoms with Crippen molar-refractivity contribution in [2.75, 3.05) is 12.1 Å². The van der Waals surface area contributed by atoms with E-state index in [-0.39, 0.29) is 5.78 Å². The summed E-state index contributed by atoms with van der Waals surface area (Å²) < 4.78 is 11.6. The van der Waals surface area contributed by atoms with Gasteiger partial charge in [0, 0.05) is 18.2 Å². The Morgan fingerprint density at radius 1 is 1.10 bits per heavy atom. The van der Waals surface area contributed by atoms with Crippen LogP contribution in [0.25, 0.3) is 22.8 Å². The standard InChI is InChI=1S/C22H24N4O3/c1-4-22(5-2)13-18(27)17-12-15(8-11-19(17)28-22)21-24-20(25-29-21)14-6-9-16(10-7-14)26(3)23/h6-12H,4-5,13,23H2,1-3H3. The first-order chi connectivity index (χ1) is 13.9. The van der Waals surface area contributed by atoms with Gasteiger partial charge in [0.15, 0.2) is 5.78 Å². The van der Waals surface area contributed by atoms with Crippen LogP contribution in [0.2, 0.25) is 0 Å². The molecule has 0 saturated carbocycles. The van der Waals surface area contributed by atoms with Crippen LogP contribution in [0.4, 0.5) is 5.69 Å². The number of hydrazine groups is 1. The van der Waals surface area contributed by atoms with E-state index in [0.29, 0.717) is 35.0 Å². The van der Waals surface area contributed by atoms with Crippen LogP contribution >= 0.6 is 0 Å². The summed E-state index contributed by atoms with van der Waals surface area (Å²) in [5.74, 6) is 7.27. The van der Waals surface area contributed by atoms with Gasteiger partial charge in [0.2, 0.25) is 5.82 Å². The molecule has 0 aliphatic carbocycles. The van der Waals surface area contributed by atoms with Crippen LogP contribution in [0.1, 0.15) is 43.5 Å². The zero-order chi connectivity index (χ0) is 20.6. The van der Waals surface area contributed by atoms with Crippen molar-refractivity contribution >= 4 is 11.5 Å². The molecule has 2 aromatic carbocycles. The third kappa shape index (κ3) is 3.49. The predicted molar refractivity (Wildman–Crippen MR) is 111 cm³/mol. The molecule has 1 aliphatic rings. The Hall–Kier alpha value is -3.19. The van der Waals surface area contributed by atoms with E-state index in [2.05, 4.69) is 10.1 Å². The summed E-state index contributed by atoms with van der Waals surface area (Å²) >= 11 is 0. The lowest BCUT2D eigenvalue weighted by atomic mass is 9.85. The average Bonchev–Trinajstić information content (AvgIpc) is 3.23. The molecule has 3 aromatic rings. The molecule has 0 bridgehead atoms. The van der Waals surface area contributed by atoms with Crippen LogP contribution in [0, 0.1) is 0 Å². The largest absolute Gasteiger partial charge is 0.486 e. The van der Waals surface area contributed by atoms with E-state index < -0.39 is 5.60 Å². The Kier molecular flexibility index (Phi) is 4.84. The van der Waals surface area contributed by atoms with Gasteiger partial charge in [0.05, 0.1) is 17.7 Å². The molecule has 0 radical (unpaired) electrons. The summed E-state index contributed by atoms with van der Waals surface area (Å²) in [7, 11) is 1.77. The van der Waals surface area contributed by atoms with Crippen LogP contribution in [0.15, 0.2) is 47.0 Å². The van der Waals surface area contributed by atoms with E-state index in [1.54, 1.807) is 13.1 Å². The monoisotopic (exact) mass is 392 g/mol. The van der Waals surface area contributed by atoms with Crippen molar-refractivity contribution in [3.05, 3.63) is 48.0 Å². The molecule has 0 fully saturated rings. The van der Waals surface area contributed by atoms with Crippen molar-refractivity contribution in [1.82, 2.24) is 10.1 Å². The minimum atomic E-state index is -0.410. The molecule has 1 aliphatic heterocycles. The molecule has 1 aromatic heterocycles. The lowest BCUT2D eigenvalue weighted by molar-refractivity contribution is 0.0350. The van der Waals surface area contributed by atoms with Crippen molar-refractivity contribution in [1.29, 1.82) is 0 Å². The molecule has 7 heteroatoms. The number of fused-ring (bicyclic) bond motifs is 1. The van der Waals surface area contributed by atoms with E-state index in [1.165, 1.54) is 5.01 Å². The van der Waals surface area contributed by atoms with Gasteiger partial charge in [0.25, 0.3) is 5.89 Å². The van der Waals surface area contributed by atoms with Crippen LogP contribution in [-0.2, 0) is 0 Å². The fourth-order valence-corrected chi connectivity index (χ4v) is 3.58. The maximum atomic E-state index is 12.8. The van der Waals surface area contributed by atoms with Crippen molar-refractivity contribution < 1.29 is 14.1 Å². The first-order valence-electron chi connectivity index (χ1n) is 9.74. The number of ether oxygens (including phenoxy) is 1. The fraction of sp³-hybridized carbons (Fsp3) is 0.318. The van der Waals surface area contributed by atoms with Gasteiger partial charge in [-0.2, -0.15) is 4.98 Å². The van der Waals surface area contributed by atoms with Crippen LogP contribution in [0.3, 0.4) is 0 Å². The topological polar surface area (TPSA) is 94.5 Å². The van der Waals surface area contributed by atoms with Gasteiger partial charge in [-0.05, 0) is 55.3 Å². The van der Waals surface area contributed by atoms with Crippen molar-refractivity contribution in [3.63, 3.8) is 0 Å². The fourth-order valence-electron chi connectivity index (χ4n) is 3.58. The molecule has 4 rings (SSSR count). The van der Waals surface area contributed by atoms with Crippen molar-refractivity contribution in [3.8, 4) is 28.6 Å². The summed E-state index contributed by atoms with van der Waals surface area (Å²) in [6.45, 7) is 4.10. The van der Waals surface area contributed by atoms with E-state index in [1.807, 2.05) is 50.2 Å². The Bertz CT molecular complexity index is 1040. The van der Waals surface area contributed by atoms with Crippen LogP contribution < -0.4 is 15.6 Å². The number of carbonyl (C=O) groups excluding carboxylic acids is 1. The van der Waals surface area contributed by atoms with E-state index in [9.17, 15) is 4.79 Å². The molecule has 0 atom stereocenters. The molecular formula is C22H24N4O3. The SMILES string of the molecule is CCC1(CC)CC(=O)c2cc(-c3nc(-c4ccc(N(C)N)cc4)no3)ccc2O1. The van der Waals surface area contributed by atoms with E-state index in [0.717, 1.165) is 24.1 Å². The molecule has 0 spiro atoms. The first kappa shape index (κ1) is 19.1.